The van der Waals surface area contributed by atoms with Crippen LogP contribution in [-0.4, -0.2) is 31.2 Å². The second-order valence-corrected chi connectivity index (χ2v) is 6.41. The van der Waals surface area contributed by atoms with Crippen molar-refractivity contribution in [2.24, 2.45) is 5.73 Å². The average Bonchev–Trinajstić information content (AvgIpc) is 3.10. The zero-order chi connectivity index (χ0) is 21.4. The molecule has 0 fully saturated rings. The summed E-state index contributed by atoms with van der Waals surface area (Å²) in [7, 11) is 0.949. The number of para-hydroxylation sites is 1. The Balaban J connectivity index is 0.000000537. The van der Waals surface area contributed by atoms with Gasteiger partial charge in [-0.05, 0) is 35.9 Å². The first kappa shape index (κ1) is 22.3. The maximum Gasteiger partial charge on any atom is 0.387 e. The lowest BCUT2D eigenvalue weighted by Gasteiger charge is -2.03. The Labute approximate surface area is 167 Å². The first-order chi connectivity index (χ1) is 13.8. The third-order valence-electron chi connectivity index (χ3n) is 3.40. The van der Waals surface area contributed by atoms with E-state index in [9.17, 15) is 22.4 Å². The monoisotopic (exact) mass is 428 g/mol. The summed E-state index contributed by atoms with van der Waals surface area (Å²) in [6.07, 6.45) is 3.59. The number of benzene rings is 2. The molecule has 0 aliphatic carbocycles. The van der Waals surface area contributed by atoms with E-state index < -0.39 is 19.1 Å². The minimum Gasteiger partial charge on any atom is -0.435 e. The number of aromatic nitrogens is 1. The fourth-order valence-corrected chi connectivity index (χ4v) is 3.06. The van der Waals surface area contributed by atoms with Gasteiger partial charge in [0, 0.05) is 7.11 Å². The van der Waals surface area contributed by atoms with E-state index in [1.54, 1.807) is 36.4 Å². The fourth-order valence-electron chi connectivity index (χ4n) is 2.16. The van der Waals surface area contributed by atoms with Gasteiger partial charge < -0.3 is 15.2 Å². The number of thiazole rings is 1. The summed E-state index contributed by atoms with van der Waals surface area (Å²) in [5.74, 6) is -0.413. The average molecular weight is 428 g/mol. The molecule has 1 aromatic heterocycles. The van der Waals surface area contributed by atoms with Gasteiger partial charge >= 0.3 is 13.2 Å². The first-order valence-corrected chi connectivity index (χ1v) is 8.85. The summed E-state index contributed by atoms with van der Waals surface area (Å²) in [5.41, 5.74) is 7.12. The molecule has 0 bridgehead atoms. The summed E-state index contributed by atoms with van der Waals surface area (Å²) in [6.45, 7) is -5.46. The lowest BCUT2D eigenvalue weighted by Crippen LogP contribution is -2.11. The smallest absolute Gasteiger partial charge is 0.387 e. The molecule has 3 rings (SSSR count). The van der Waals surface area contributed by atoms with Crippen LogP contribution in [0.1, 0.15) is 20.9 Å². The molecule has 0 atom stereocenters. The molecule has 5 nitrogen and oxygen atoms in total. The van der Waals surface area contributed by atoms with Gasteiger partial charge in [0.1, 0.15) is 10.8 Å². The van der Waals surface area contributed by atoms with Crippen LogP contribution in [0.3, 0.4) is 0 Å². The minimum absolute atomic E-state index is 0.105. The van der Waals surface area contributed by atoms with Crippen molar-refractivity contribution in [1.29, 1.82) is 0 Å². The molecule has 2 N–H and O–H groups in total. The lowest BCUT2D eigenvalue weighted by atomic mass is 10.2. The van der Waals surface area contributed by atoms with Gasteiger partial charge in [-0.1, -0.05) is 24.3 Å². The van der Waals surface area contributed by atoms with Crippen LogP contribution >= 0.6 is 11.3 Å². The second-order valence-electron chi connectivity index (χ2n) is 5.35. The highest BCUT2D eigenvalue weighted by Gasteiger charge is 2.10. The standard InChI is InChI=1S/C17H12F2N2O2S.C2H4F2O/c18-17(19)23-11-7-4-10(5-8-11)6-9-14-21-15-12(16(20)22)2-1-3-13(15)24-14;1-5-2(3)4/h1-9,17H,(H2,20,22);2H,1H3/b9-6+;. The Morgan fingerprint density at radius 1 is 1.07 bits per heavy atom. The molecular weight excluding hydrogens is 412 g/mol. The third-order valence-corrected chi connectivity index (χ3v) is 4.39. The van der Waals surface area contributed by atoms with E-state index in [1.807, 2.05) is 6.07 Å². The number of primary amides is 1. The number of alkyl halides is 4. The molecule has 1 amide bonds. The van der Waals surface area contributed by atoms with Crippen molar-refractivity contribution in [1.82, 2.24) is 4.98 Å². The zero-order valence-electron chi connectivity index (χ0n) is 15.0. The van der Waals surface area contributed by atoms with Crippen molar-refractivity contribution in [2.75, 3.05) is 7.11 Å². The summed E-state index contributed by atoms with van der Waals surface area (Å²) in [6, 6.07) is 11.5. The highest BCUT2D eigenvalue weighted by atomic mass is 32.1. The van der Waals surface area contributed by atoms with E-state index in [4.69, 9.17) is 5.73 Å². The summed E-state index contributed by atoms with van der Waals surface area (Å²) in [4.78, 5) is 15.8. The number of carbonyl (C=O) groups is 1. The van der Waals surface area contributed by atoms with Gasteiger partial charge in [0.2, 0.25) is 0 Å². The molecule has 3 aromatic rings. The van der Waals surface area contributed by atoms with Crippen LogP contribution in [0.2, 0.25) is 0 Å². The highest BCUT2D eigenvalue weighted by Crippen LogP contribution is 2.26. The van der Waals surface area contributed by atoms with Crippen LogP contribution in [0.5, 0.6) is 5.75 Å². The molecule has 0 radical (unpaired) electrons. The molecule has 0 unspecified atom stereocenters. The Kier molecular flexibility index (Phi) is 8.10. The van der Waals surface area contributed by atoms with Crippen molar-refractivity contribution >= 4 is 39.6 Å². The van der Waals surface area contributed by atoms with E-state index in [2.05, 4.69) is 14.5 Å². The van der Waals surface area contributed by atoms with Crippen LogP contribution in [0.25, 0.3) is 22.4 Å². The summed E-state index contributed by atoms with van der Waals surface area (Å²) in [5, 5.41) is 0.714. The van der Waals surface area contributed by atoms with Crippen LogP contribution in [-0.2, 0) is 4.74 Å². The molecule has 10 heteroatoms. The van der Waals surface area contributed by atoms with Crippen LogP contribution in [0.15, 0.2) is 42.5 Å². The Hall–Kier alpha value is -2.98. The lowest BCUT2D eigenvalue weighted by molar-refractivity contribution is -0.105. The van der Waals surface area contributed by atoms with Gasteiger partial charge in [-0.3, -0.25) is 4.79 Å². The molecule has 154 valence electrons. The van der Waals surface area contributed by atoms with E-state index in [1.165, 1.54) is 23.5 Å². The van der Waals surface area contributed by atoms with E-state index >= 15 is 0 Å². The maximum atomic E-state index is 12.1. The second kappa shape index (κ2) is 10.5. The van der Waals surface area contributed by atoms with Crippen molar-refractivity contribution in [2.45, 2.75) is 13.2 Å². The van der Waals surface area contributed by atoms with E-state index in [0.29, 0.717) is 16.1 Å². The number of methoxy groups -OCH3 is 1. The minimum atomic E-state index is -2.84. The molecule has 2 aromatic carbocycles. The molecule has 0 saturated heterocycles. The number of nitrogens with two attached hydrogens (primary N) is 1. The number of amides is 1. The Morgan fingerprint density at radius 2 is 1.72 bits per heavy atom. The van der Waals surface area contributed by atoms with Crippen LogP contribution in [0, 0.1) is 0 Å². The van der Waals surface area contributed by atoms with Gasteiger partial charge in [-0.15, -0.1) is 11.3 Å². The van der Waals surface area contributed by atoms with Gasteiger partial charge in [-0.25, -0.2) is 4.98 Å². The van der Waals surface area contributed by atoms with E-state index in [0.717, 1.165) is 17.4 Å². The Morgan fingerprint density at radius 3 is 2.28 bits per heavy atom. The van der Waals surface area contributed by atoms with Gasteiger partial charge in [0.25, 0.3) is 5.91 Å². The van der Waals surface area contributed by atoms with Gasteiger partial charge in [0.05, 0.1) is 15.8 Å². The SMILES string of the molecule is COC(F)F.NC(=O)c1cccc2sc(/C=C/c3ccc(OC(F)F)cc3)nc12. The van der Waals surface area contributed by atoms with Crippen LogP contribution in [0.4, 0.5) is 17.6 Å². The molecule has 1 heterocycles. The summed E-state index contributed by atoms with van der Waals surface area (Å²) >= 11 is 1.43. The predicted molar refractivity (Wildman–Crippen MR) is 103 cm³/mol. The number of hydrogen-bond donors (Lipinski definition) is 1. The van der Waals surface area contributed by atoms with Crippen molar-refractivity contribution in [3.05, 3.63) is 58.6 Å². The third kappa shape index (κ3) is 6.84. The van der Waals surface area contributed by atoms with Crippen molar-refractivity contribution in [3.63, 3.8) is 0 Å². The number of nitrogens with zero attached hydrogens (tertiary/aromatic N) is 1. The summed E-state index contributed by atoms with van der Waals surface area (Å²) < 4.78 is 53.9. The molecule has 0 saturated carbocycles. The molecule has 0 aliphatic rings. The number of hydrogen-bond acceptors (Lipinski definition) is 5. The zero-order valence-corrected chi connectivity index (χ0v) is 15.8. The largest absolute Gasteiger partial charge is 0.435 e. The quantitative estimate of drug-likeness (QED) is 0.560. The number of carbonyl (C=O) groups excluding carboxylic acids is 1. The topological polar surface area (TPSA) is 74.4 Å². The van der Waals surface area contributed by atoms with Gasteiger partial charge in [0.15, 0.2) is 0 Å². The maximum absolute atomic E-state index is 12.1. The molecule has 0 spiro atoms. The normalized spacial score (nSPS) is 11.1. The number of ether oxygens (including phenoxy) is 2. The molecular formula is C19H16F4N2O3S. The Bertz CT molecular complexity index is 975. The molecule has 29 heavy (non-hydrogen) atoms. The van der Waals surface area contributed by atoms with Crippen molar-refractivity contribution in [3.8, 4) is 5.75 Å². The first-order valence-electron chi connectivity index (χ1n) is 8.03. The predicted octanol–water partition coefficient (Wildman–Crippen LogP) is 5.02. The number of halogens is 4. The van der Waals surface area contributed by atoms with Crippen LogP contribution < -0.4 is 10.5 Å². The van der Waals surface area contributed by atoms with Crippen molar-refractivity contribution < 1.29 is 31.8 Å². The number of rotatable bonds is 6. The fraction of sp³-hybridized carbons (Fsp3) is 0.158. The highest BCUT2D eigenvalue weighted by molar-refractivity contribution is 7.19. The van der Waals surface area contributed by atoms with Gasteiger partial charge in [-0.2, -0.15) is 17.6 Å². The number of fused-ring (bicyclic) bond motifs is 1. The van der Waals surface area contributed by atoms with E-state index in [-0.39, 0.29) is 5.75 Å². The molecule has 0 aliphatic heterocycles.